The number of hydrogen-bond donors (Lipinski definition) is 0. The van der Waals surface area contributed by atoms with Gasteiger partial charge in [-0.3, -0.25) is 14.6 Å². The molecule has 146 valence electrons. The van der Waals surface area contributed by atoms with Gasteiger partial charge in [-0.2, -0.15) is 5.10 Å². The van der Waals surface area contributed by atoms with Crippen LogP contribution in [-0.2, 0) is 13.6 Å². The van der Waals surface area contributed by atoms with Gasteiger partial charge >= 0.3 is 0 Å². The van der Waals surface area contributed by atoms with Crippen LogP contribution >= 0.6 is 0 Å². The number of nitrogens with zero attached hydrogens (tertiary/aromatic N) is 6. The van der Waals surface area contributed by atoms with Crippen molar-refractivity contribution in [2.75, 3.05) is 24.5 Å². The van der Waals surface area contributed by atoms with Crippen LogP contribution in [0.1, 0.15) is 36.9 Å². The smallest absolute Gasteiger partial charge is 0.147 e. The Labute approximate surface area is 166 Å². The molecule has 3 aromatic rings. The molecule has 6 nitrogen and oxygen atoms in total. The lowest BCUT2D eigenvalue weighted by molar-refractivity contribution is 0.0994. The summed E-state index contributed by atoms with van der Waals surface area (Å²) >= 11 is 0. The van der Waals surface area contributed by atoms with Crippen molar-refractivity contribution in [2.45, 2.75) is 44.7 Å². The van der Waals surface area contributed by atoms with Crippen molar-refractivity contribution in [1.29, 1.82) is 0 Å². The number of aromatic nitrogens is 4. The van der Waals surface area contributed by atoms with Crippen LogP contribution < -0.4 is 4.90 Å². The van der Waals surface area contributed by atoms with Gasteiger partial charge in [0, 0.05) is 43.5 Å². The second-order valence-electron chi connectivity index (χ2n) is 8.33. The molecule has 2 aliphatic heterocycles. The summed E-state index contributed by atoms with van der Waals surface area (Å²) in [5.74, 6) is 1.02. The summed E-state index contributed by atoms with van der Waals surface area (Å²) in [6, 6.07) is 8.11. The van der Waals surface area contributed by atoms with E-state index < -0.39 is 0 Å². The Morgan fingerprint density at radius 2 is 1.79 bits per heavy atom. The Kier molecular flexibility index (Phi) is 4.31. The molecule has 1 spiro atoms. The molecule has 2 fully saturated rings. The highest BCUT2D eigenvalue weighted by Crippen LogP contribution is 2.40. The molecular formula is C22H28N6. The highest BCUT2D eigenvalue weighted by atomic mass is 15.3. The van der Waals surface area contributed by atoms with E-state index in [9.17, 15) is 0 Å². The maximum Gasteiger partial charge on any atom is 0.147 e. The molecule has 2 aliphatic rings. The van der Waals surface area contributed by atoms with E-state index in [-0.39, 0.29) is 0 Å². The van der Waals surface area contributed by atoms with Gasteiger partial charge in [-0.25, -0.2) is 4.98 Å². The van der Waals surface area contributed by atoms with Gasteiger partial charge in [0.25, 0.3) is 0 Å². The molecule has 0 aliphatic carbocycles. The van der Waals surface area contributed by atoms with Crippen LogP contribution in [0.15, 0.2) is 36.7 Å². The normalized spacial score (nSPS) is 19.7. The van der Waals surface area contributed by atoms with Gasteiger partial charge in [0.05, 0.1) is 23.4 Å². The standard InChI is InChI=1S/C22H28N6/c1-17-18(14-24-26(17)2)16-28-11-5-8-22(28)9-12-27(13-10-22)21-15-23-19-6-3-4-7-20(19)25-21/h3-4,6-7,14-15H,5,8-13,16H2,1-2H3. The molecule has 6 heteroatoms. The molecule has 0 N–H and O–H groups in total. The van der Waals surface area contributed by atoms with Crippen molar-refractivity contribution in [2.24, 2.45) is 7.05 Å². The fourth-order valence-electron chi connectivity index (χ4n) is 4.96. The first-order chi connectivity index (χ1) is 13.6. The lowest BCUT2D eigenvalue weighted by atomic mass is 9.84. The summed E-state index contributed by atoms with van der Waals surface area (Å²) < 4.78 is 1.99. The fraction of sp³-hybridized carbons (Fsp3) is 0.500. The van der Waals surface area contributed by atoms with Crippen LogP contribution in [0.5, 0.6) is 0 Å². The van der Waals surface area contributed by atoms with Crippen LogP contribution in [0.25, 0.3) is 11.0 Å². The van der Waals surface area contributed by atoms with Crippen LogP contribution in [-0.4, -0.2) is 49.8 Å². The third kappa shape index (κ3) is 2.96. The van der Waals surface area contributed by atoms with Gasteiger partial charge in [0.1, 0.15) is 5.82 Å². The summed E-state index contributed by atoms with van der Waals surface area (Å²) in [5, 5.41) is 4.43. The van der Waals surface area contributed by atoms with Gasteiger partial charge in [-0.1, -0.05) is 12.1 Å². The summed E-state index contributed by atoms with van der Waals surface area (Å²) in [4.78, 5) is 14.6. The molecule has 0 unspecified atom stereocenters. The zero-order valence-electron chi connectivity index (χ0n) is 16.8. The Morgan fingerprint density at radius 1 is 1.00 bits per heavy atom. The van der Waals surface area contributed by atoms with Crippen molar-refractivity contribution in [3.05, 3.63) is 47.9 Å². The highest BCUT2D eigenvalue weighted by Gasteiger charge is 2.43. The minimum Gasteiger partial charge on any atom is -0.355 e. The van der Waals surface area contributed by atoms with Gasteiger partial charge in [-0.05, 0) is 51.3 Å². The lowest BCUT2D eigenvalue weighted by Gasteiger charge is -2.45. The van der Waals surface area contributed by atoms with E-state index in [2.05, 4.69) is 26.8 Å². The van der Waals surface area contributed by atoms with Gasteiger partial charge in [0.2, 0.25) is 0 Å². The molecule has 28 heavy (non-hydrogen) atoms. The van der Waals surface area contributed by atoms with E-state index in [0.717, 1.165) is 36.5 Å². The SMILES string of the molecule is Cc1c(CN2CCCC23CCN(c2cnc4ccccc4n2)CC3)cnn1C. The van der Waals surface area contributed by atoms with E-state index >= 15 is 0 Å². The zero-order valence-corrected chi connectivity index (χ0v) is 16.8. The number of rotatable bonds is 3. The lowest BCUT2D eigenvalue weighted by Crippen LogP contribution is -2.52. The first-order valence-electron chi connectivity index (χ1n) is 10.3. The van der Waals surface area contributed by atoms with Crippen LogP contribution in [0.4, 0.5) is 5.82 Å². The first-order valence-corrected chi connectivity index (χ1v) is 10.3. The molecule has 2 saturated heterocycles. The summed E-state index contributed by atoms with van der Waals surface area (Å²) in [5.41, 5.74) is 4.93. The molecule has 1 aromatic carbocycles. The average molecular weight is 377 g/mol. The summed E-state index contributed by atoms with van der Waals surface area (Å²) in [6.07, 6.45) is 8.98. The maximum atomic E-state index is 4.85. The molecule has 0 amide bonds. The van der Waals surface area contributed by atoms with Crippen LogP contribution in [0.2, 0.25) is 0 Å². The van der Waals surface area contributed by atoms with Gasteiger partial charge < -0.3 is 4.90 Å². The van der Waals surface area contributed by atoms with Crippen molar-refractivity contribution in [3.63, 3.8) is 0 Å². The number of para-hydroxylation sites is 2. The number of fused-ring (bicyclic) bond motifs is 1. The first kappa shape index (κ1) is 17.6. The largest absolute Gasteiger partial charge is 0.355 e. The van der Waals surface area contributed by atoms with Crippen molar-refractivity contribution in [3.8, 4) is 0 Å². The minimum atomic E-state index is 0.336. The van der Waals surface area contributed by atoms with E-state index in [1.165, 1.54) is 43.5 Å². The number of anilines is 1. The second kappa shape index (κ2) is 6.85. The third-order valence-electron chi connectivity index (χ3n) is 6.89. The zero-order chi connectivity index (χ0) is 19.1. The highest BCUT2D eigenvalue weighted by molar-refractivity contribution is 5.75. The Hall–Kier alpha value is -2.47. The number of hydrogen-bond acceptors (Lipinski definition) is 5. The summed E-state index contributed by atoms with van der Waals surface area (Å²) in [7, 11) is 2.03. The van der Waals surface area contributed by atoms with Gasteiger partial charge in [0.15, 0.2) is 0 Å². The van der Waals surface area contributed by atoms with E-state index in [1.54, 1.807) is 0 Å². The predicted molar refractivity (Wildman–Crippen MR) is 111 cm³/mol. The summed E-state index contributed by atoms with van der Waals surface area (Å²) in [6.45, 7) is 6.50. The number of likely N-dealkylation sites (tertiary alicyclic amines) is 1. The Balaban J connectivity index is 1.31. The fourth-order valence-corrected chi connectivity index (χ4v) is 4.96. The van der Waals surface area contributed by atoms with Crippen molar-refractivity contribution in [1.82, 2.24) is 24.6 Å². The van der Waals surface area contributed by atoms with Gasteiger partial charge in [-0.15, -0.1) is 0 Å². The molecule has 0 bridgehead atoms. The van der Waals surface area contributed by atoms with E-state index in [4.69, 9.17) is 4.98 Å². The molecule has 4 heterocycles. The minimum absolute atomic E-state index is 0.336. The number of aryl methyl sites for hydroxylation is 1. The topological polar surface area (TPSA) is 50.1 Å². The quantitative estimate of drug-likeness (QED) is 0.702. The Bertz CT molecular complexity index is 986. The van der Waals surface area contributed by atoms with E-state index in [0.29, 0.717) is 5.54 Å². The van der Waals surface area contributed by atoms with E-state index in [1.807, 2.05) is 48.4 Å². The predicted octanol–water partition coefficient (Wildman–Crippen LogP) is 3.31. The molecule has 0 saturated carbocycles. The maximum absolute atomic E-state index is 4.85. The third-order valence-corrected chi connectivity index (χ3v) is 6.89. The molecule has 0 radical (unpaired) electrons. The number of piperidine rings is 1. The van der Waals surface area contributed by atoms with Crippen LogP contribution in [0, 0.1) is 6.92 Å². The number of benzene rings is 1. The average Bonchev–Trinajstić information content (AvgIpc) is 3.26. The molecular weight excluding hydrogens is 348 g/mol. The van der Waals surface area contributed by atoms with Crippen molar-refractivity contribution >= 4 is 16.9 Å². The van der Waals surface area contributed by atoms with Crippen LogP contribution in [0.3, 0.4) is 0 Å². The molecule has 5 rings (SSSR count). The second-order valence-corrected chi connectivity index (χ2v) is 8.33. The van der Waals surface area contributed by atoms with Crippen molar-refractivity contribution < 1.29 is 0 Å². The molecule has 2 aromatic heterocycles. The monoisotopic (exact) mass is 376 g/mol. The molecule has 0 atom stereocenters. The Morgan fingerprint density at radius 3 is 2.54 bits per heavy atom.